The molecule has 0 atom stereocenters. The van der Waals surface area contributed by atoms with Crippen LogP contribution in [0.2, 0.25) is 0 Å². The first-order valence-electron chi connectivity index (χ1n) is 10.7. The zero-order chi connectivity index (χ0) is 23.9. The molecule has 0 spiro atoms. The normalized spacial score (nSPS) is 10.6. The van der Waals surface area contributed by atoms with Crippen molar-refractivity contribution in [3.63, 3.8) is 0 Å². The van der Waals surface area contributed by atoms with Gasteiger partial charge >= 0.3 is 5.97 Å². The van der Waals surface area contributed by atoms with Gasteiger partial charge in [0.25, 0.3) is 5.91 Å². The topological polar surface area (TPSA) is 86.8 Å². The van der Waals surface area contributed by atoms with Crippen LogP contribution in [-0.4, -0.2) is 44.2 Å². The molecule has 0 unspecified atom stereocenters. The Labute approximate surface area is 201 Å². The van der Waals surface area contributed by atoms with Gasteiger partial charge in [-0.2, -0.15) is 0 Å². The van der Waals surface area contributed by atoms with E-state index in [1.807, 2.05) is 60.0 Å². The summed E-state index contributed by atoms with van der Waals surface area (Å²) in [5, 5.41) is 5.41. The van der Waals surface area contributed by atoms with Crippen molar-refractivity contribution in [2.45, 2.75) is 6.42 Å². The van der Waals surface area contributed by atoms with Crippen molar-refractivity contribution in [1.82, 2.24) is 10.3 Å². The number of hydrogen-bond acceptors (Lipinski definition) is 7. The van der Waals surface area contributed by atoms with Gasteiger partial charge in [-0.3, -0.25) is 4.79 Å². The van der Waals surface area contributed by atoms with E-state index in [2.05, 4.69) is 10.3 Å². The third-order valence-electron chi connectivity index (χ3n) is 5.23. The summed E-state index contributed by atoms with van der Waals surface area (Å²) in [4.78, 5) is 30.7. The van der Waals surface area contributed by atoms with Gasteiger partial charge in [-0.25, -0.2) is 9.78 Å². The number of para-hydroxylation sites is 1. The van der Waals surface area contributed by atoms with Crippen LogP contribution in [0.15, 0.2) is 66.0 Å². The Kier molecular flexibility index (Phi) is 7.39. The highest BCUT2D eigenvalue weighted by molar-refractivity contribution is 7.13. The molecule has 0 saturated carbocycles. The fourth-order valence-electron chi connectivity index (χ4n) is 3.54. The number of fused-ring (bicyclic) bond motifs is 1. The number of nitrogens with one attached hydrogen (secondary N) is 1. The number of ether oxygens (including phenoxy) is 3. The van der Waals surface area contributed by atoms with Crippen LogP contribution < -0.4 is 14.8 Å². The Bertz CT molecular complexity index is 1300. The van der Waals surface area contributed by atoms with Crippen LogP contribution in [0.1, 0.15) is 15.9 Å². The summed E-state index contributed by atoms with van der Waals surface area (Å²) >= 11 is 1.54. The van der Waals surface area contributed by atoms with Crippen LogP contribution in [0, 0.1) is 0 Å². The summed E-state index contributed by atoms with van der Waals surface area (Å²) < 4.78 is 15.9. The molecule has 34 heavy (non-hydrogen) atoms. The van der Waals surface area contributed by atoms with Gasteiger partial charge < -0.3 is 19.5 Å². The molecule has 2 aromatic carbocycles. The number of rotatable bonds is 9. The molecule has 1 amide bonds. The van der Waals surface area contributed by atoms with Crippen molar-refractivity contribution in [2.75, 3.05) is 27.4 Å². The molecule has 0 aliphatic heterocycles. The molecule has 2 heterocycles. The fraction of sp³-hybridized carbons (Fsp3) is 0.192. The van der Waals surface area contributed by atoms with E-state index in [0.29, 0.717) is 46.6 Å². The number of hydrogen-bond donors (Lipinski definition) is 1. The van der Waals surface area contributed by atoms with Crippen LogP contribution in [0.25, 0.3) is 21.5 Å². The minimum absolute atomic E-state index is 0.365. The summed E-state index contributed by atoms with van der Waals surface area (Å²) in [5.41, 5.74) is 2.76. The number of amides is 1. The summed E-state index contributed by atoms with van der Waals surface area (Å²) in [6.45, 7) is 0.0301. The average molecular weight is 477 g/mol. The first-order valence-corrected chi connectivity index (χ1v) is 11.6. The van der Waals surface area contributed by atoms with Gasteiger partial charge in [0.2, 0.25) is 0 Å². The molecular formula is C26H24N2O5S. The fourth-order valence-corrected chi connectivity index (χ4v) is 4.22. The number of esters is 1. The molecule has 0 aliphatic carbocycles. The number of aromatic nitrogens is 1. The number of pyridine rings is 1. The van der Waals surface area contributed by atoms with E-state index in [9.17, 15) is 9.59 Å². The number of carbonyl (C=O) groups is 2. The Morgan fingerprint density at radius 1 is 0.971 bits per heavy atom. The van der Waals surface area contributed by atoms with E-state index in [4.69, 9.17) is 14.2 Å². The number of benzene rings is 2. The standard InChI is InChI=1S/C26H24N2O5S/c1-31-22-10-9-17(14-23(22)32-2)11-12-27-25(29)16-33-26(30)19-15-21(24-8-5-13-34-24)28-20-7-4-3-6-18(19)20/h3-10,13-15H,11-12,16H2,1-2H3,(H,27,29). The van der Waals surface area contributed by atoms with Crippen LogP contribution in [0.3, 0.4) is 0 Å². The molecule has 0 bridgehead atoms. The molecule has 174 valence electrons. The maximum Gasteiger partial charge on any atom is 0.339 e. The van der Waals surface area contributed by atoms with E-state index in [0.717, 1.165) is 10.4 Å². The highest BCUT2D eigenvalue weighted by atomic mass is 32.1. The minimum atomic E-state index is -0.563. The molecule has 0 fully saturated rings. The zero-order valence-corrected chi connectivity index (χ0v) is 19.7. The number of nitrogens with zero attached hydrogens (tertiary/aromatic N) is 1. The molecule has 8 heteroatoms. The summed E-state index contributed by atoms with van der Waals surface area (Å²) in [6.07, 6.45) is 0.596. The first-order chi connectivity index (χ1) is 16.6. The predicted octanol–water partition coefficient (Wildman–Crippen LogP) is 4.50. The first kappa shape index (κ1) is 23.3. The maximum absolute atomic E-state index is 12.9. The van der Waals surface area contributed by atoms with E-state index >= 15 is 0 Å². The highest BCUT2D eigenvalue weighted by Crippen LogP contribution is 2.29. The molecule has 2 aromatic heterocycles. The monoisotopic (exact) mass is 476 g/mol. The molecule has 0 saturated heterocycles. The van der Waals surface area contributed by atoms with Gasteiger partial charge in [-0.1, -0.05) is 30.3 Å². The van der Waals surface area contributed by atoms with Crippen LogP contribution in [0.4, 0.5) is 0 Å². The predicted molar refractivity (Wildman–Crippen MR) is 132 cm³/mol. The Hall–Kier alpha value is -3.91. The Morgan fingerprint density at radius 2 is 1.79 bits per heavy atom. The van der Waals surface area contributed by atoms with Crippen molar-refractivity contribution < 1.29 is 23.8 Å². The summed E-state index contributed by atoms with van der Waals surface area (Å²) in [5.74, 6) is 0.344. The lowest BCUT2D eigenvalue weighted by molar-refractivity contribution is -0.124. The van der Waals surface area contributed by atoms with Crippen LogP contribution in [-0.2, 0) is 16.0 Å². The molecule has 0 aliphatic rings. The quantitative estimate of drug-likeness (QED) is 0.358. The van der Waals surface area contributed by atoms with Gasteiger partial charge in [-0.15, -0.1) is 11.3 Å². The minimum Gasteiger partial charge on any atom is -0.493 e. The molecular weight excluding hydrogens is 452 g/mol. The van der Waals surface area contributed by atoms with Crippen molar-refractivity contribution in [3.8, 4) is 22.1 Å². The third-order valence-corrected chi connectivity index (χ3v) is 6.12. The second-order valence-corrected chi connectivity index (χ2v) is 8.36. The van der Waals surface area contributed by atoms with Crippen LogP contribution in [0.5, 0.6) is 11.5 Å². The van der Waals surface area contributed by atoms with E-state index in [1.54, 1.807) is 31.6 Å². The smallest absolute Gasteiger partial charge is 0.339 e. The second kappa shape index (κ2) is 10.8. The van der Waals surface area contributed by atoms with E-state index in [1.165, 1.54) is 0 Å². The molecule has 1 N–H and O–H groups in total. The van der Waals surface area contributed by atoms with Gasteiger partial charge in [0.15, 0.2) is 18.1 Å². The van der Waals surface area contributed by atoms with Crippen molar-refractivity contribution in [3.05, 3.63) is 77.2 Å². The lowest BCUT2D eigenvalue weighted by atomic mass is 10.1. The average Bonchev–Trinajstić information content (AvgIpc) is 3.41. The van der Waals surface area contributed by atoms with Gasteiger partial charge in [0, 0.05) is 11.9 Å². The Balaban J connectivity index is 1.37. The highest BCUT2D eigenvalue weighted by Gasteiger charge is 2.17. The van der Waals surface area contributed by atoms with Crippen LogP contribution >= 0.6 is 11.3 Å². The SMILES string of the molecule is COc1ccc(CCNC(=O)COC(=O)c2cc(-c3cccs3)nc3ccccc23)cc1OC. The largest absolute Gasteiger partial charge is 0.493 e. The zero-order valence-electron chi connectivity index (χ0n) is 18.9. The van der Waals surface area contributed by atoms with Gasteiger partial charge in [0.05, 0.1) is 35.9 Å². The van der Waals surface area contributed by atoms with Crippen molar-refractivity contribution in [1.29, 1.82) is 0 Å². The van der Waals surface area contributed by atoms with E-state index < -0.39 is 5.97 Å². The molecule has 7 nitrogen and oxygen atoms in total. The summed E-state index contributed by atoms with van der Waals surface area (Å²) in [6, 6.07) is 18.6. The van der Waals surface area contributed by atoms with Gasteiger partial charge in [-0.05, 0) is 47.7 Å². The maximum atomic E-state index is 12.9. The second-order valence-electron chi connectivity index (χ2n) is 7.41. The molecule has 4 aromatic rings. The Morgan fingerprint density at radius 3 is 2.56 bits per heavy atom. The third kappa shape index (κ3) is 5.35. The number of methoxy groups -OCH3 is 2. The summed E-state index contributed by atoms with van der Waals surface area (Å²) in [7, 11) is 3.16. The molecule has 0 radical (unpaired) electrons. The van der Waals surface area contributed by atoms with Gasteiger partial charge in [0.1, 0.15) is 0 Å². The lowest BCUT2D eigenvalue weighted by Gasteiger charge is -2.11. The molecule has 4 rings (SSSR count). The lowest BCUT2D eigenvalue weighted by Crippen LogP contribution is -2.30. The number of carbonyl (C=O) groups excluding carboxylic acids is 2. The van der Waals surface area contributed by atoms with Crippen molar-refractivity contribution >= 4 is 34.1 Å². The van der Waals surface area contributed by atoms with Crippen molar-refractivity contribution in [2.24, 2.45) is 0 Å². The van der Waals surface area contributed by atoms with E-state index in [-0.39, 0.29) is 12.5 Å². The number of thiophene rings is 1.